The number of nitrogens with zero attached hydrogens (tertiary/aromatic N) is 2. The van der Waals surface area contributed by atoms with E-state index in [0.29, 0.717) is 33.3 Å². The summed E-state index contributed by atoms with van der Waals surface area (Å²) in [5, 5.41) is 14.7. The number of fused-ring (bicyclic) bond motifs is 1. The zero-order valence-corrected chi connectivity index (χ0v) is 26.2. The van der Waals surface area contributed by atoms with Crippen LogP contribution in [0.1, 0.15) is 71.4 Å². The van der Waals surface area contributed by atoms with Gasteiger partial charge in [0.15, 0.2) is 4.88 Å². The van der Waals surface area contributed by atoms with E-state index in [1.54, 1.807) is 30.9 Å². The topological polar surface area (TPSA) is 103 Å². The van der Waals surface area contributed by atoms with E-state index in [0.717, 1.165) is 64.7 Å². The second-order valence-corrected chi connectivity index (χ2v) is 13.4. The average Bonchev–Trinajstić information content (AvgIpc) is 3.50. The quantitative estimate of drug-likeness (QED) is 0.185. The molecular formula is C32H37ClN3O5S+. The van der Waals surface area contributed by atoms with Crippen LogP contribution >= 0.6 is 22.1 Å². The number of aromatic nitrogens is 2. The van der Waals surface area contributed by atoms with Crippen LogP contribution in [-0.4, -0.2) is 40.8 Å². The van der Waals surface area contributed by atoms with E-state index in [2.05, 4.69) is 12.2 Å². The minimum absolute atomic E-state index is 0.293. The lowest BCUT2D eigenvalue weighted by Gasteiger charge is -2.20. The standard InChI is InChI=1S/C32H36ClN3O5S/c1-6-42-30(20-10-8-7-9-11-20)28(22-15-26(41-5)23(33)16-25(22)40-4)34-32(42)35-31(39)24-14-21-13-18(2)12-19(3)29(21)36(24)17-27(37)38/h12-16,20H,6-11,17H2,1-5H3,(H-,34,35,37,38,39)/p+1. The Morgan fingerprint density at radius 2 is 1.79 bits per heavy atom. The maximum absolute atomic E-state index is 13.9. The van der Waals surface area contributed by atoms with Gasteiger partial charge in [0.05, 0.1) is 30.3 Å². The first-order valence-electron chi connectivity index (χ1n) is 14.3. The molecule has 1 aliphatic carbocycles. The SMILES string of the molecule is CC[s+]1c(NC(=O)c2cc3cc(C)cc(C)c3n2CC(=O)O)nc(-c2cc(OC)c(Cl)cc2OC)c1C1CCCCC1. The van der Waals surface area contributed by atoms with Crippen molar-refractivity contribution in [3.63, 3.8) is 0 Å². The van der Waals surface area contributed by atoms with Crippen molar-refractivity contribution in [2.75, 3.05) is 19.5 Å². The lowest BCUT2D eigenvalue weighted by atomic mass is 9.86. The van der Waals surface area contributed by atoms with Crippen molar-refractivity contribution in [1.29, 1.82) is 0 Å². The fraction of sp³-hybridized carbons (Fsp3) is 0.406. The van der Waals surface area contributed by atoms with Crippen LogP contribution < -0.4 is 14.8 Å². The van der Waals surface area contributed by atoms with Gasteiger partial charge in [0, 0.05) is 27.8 Å². The molecule has 2 N–H and O–H groups in total. The summed E-state index contributed by atoms with van der Waals surface area (Å²) in [4.78, 5) is 32.1. The molecule has 8 nitrogen and oxygen atoms in total. The van der Waals surface area contributed by atoms with Crippen molar-refractivity contribution >= 4 is 50.0 Å². The number of halogens is 1. The highest BCUT2D eigenvalue weighted by atomic mass is 35.5. The van der Waals surface area contributed by atoms with Gasteiger partial charge in [-0.3, -0.25) is 14.9 Å². The molecule has 222 valence electrons. The van der Waals surface area contributed by atoms with E-state index in [-0.39, 0.29) is 12.5 Å². The van der Waals surface area contributed by atoms with E-state index in [1.807, 2.05) is 32.0 Å². The van der Waals surface area contributed by atoms with Gasteiger partial charge in [0.25, 0.3) is 5.91 Å². The molecule has 0 saturated heterocycles. The molecule has 1 aliphatic rings. The van der Waals surface area contributed by atoms with Gasteiger partial charge < -0.3 is 19.1 Å². The number of rotatable bonds is 9. The molecule has 5 rings (SSSR count). The maximum Gasteiger partial charge on any atom is 0.347 e. The fourth-order valence-electron chi connectivity index (χ4n) is 6.28. The molecule has 1 unspecified atom stereocenters. The number of benzene rings is 2. The first kappa shape index (κ1) is 29.9. The molecule has 1 saturated carbocycles. The summed E-state index contributed by atoms with van der Waals surface area (Å²) in [5.41, 5.74) is 4.58. The van der Waals surface area contributed by atoms with Crippen LogP contribution in [0.25, 0.3) is 22.2 Å². The molecule has 1 fully saturated rings. The molecule has 0 spiro atoms. The Kier molecular flexibility index (Phi) is 8.80. The number of hydrogen-bond acceptors (Lipinski definition) is 5. The molecule has 42 heavy (non-hydrogen) atoms. The van der Waals surface area contributed by atoms with Crippen molar-refractivity contribution < 1.29 is 24.2 Å². The smallest absolute Gasteiger partial charge is 0.347 e. The lowest BCUT2D eigenvalue weighted by Crippen LogP contribution is -2.20. The number of carboxylic acid groups (broad SMARTS) is 1. The number of carboxylic acids is 1. The Labute approximate surface area is 253 Å². The van der Waals surface area contributed by atoms with Crippen molar-refractivity contribution in [1.82, 2.24) is 9.55 Å². The number of nitrogens with one attached hydrogen (secondary N) is 1. The van der Waals surface area contributed by atoms with Gasteiger partial charge in [0.1, 0.15) is 35.2 Å². The number of carbonyl (C=O) groups excluding carboxylic acids is 1. The zero-order valence-electron chi connectivity index (χ0n) is 24.7. The van der Waals surface area contributed by atoms with Crippen LogP contribution in [0.3, 0.4) is 0 Å². The first-order valence-corrected chi connectivity index (χ1v) is 16.0. The number of methoxy groups -OCH3 is 2. The minimum atomic E-state index is -1.01. The van der Waals surface area contributed by atoms with Gasteiger partial charge in [-0.25, -0.2) is 0 Å². The van der Waals surface area contributed by atoms with E-state index in [9.17, 15) is 14.7 Å². The number of thiazole rings is 1. The monoisotopic (exact) mass is 610 g/mol. The van der Waals surface area contributed by atoms with Crippen LogP contribution in [0.2, 0.25) is 5.02 Å². The van der Waals surface area contributed by atoms with Crippen molar-refractivity contribution in [3.05, 3.63) is 57.1 Å². The highest BCUT2D eigenvalue weighted by molar-refractivity contribution is 7.34. The van der Waals surface area contributed by atoms with Crippen LogP contribution in [0.4, 0.5) is 5.13 Å². The molecule has 2 heterocycles. The Morgan fingerprint density at radius 3 is 2.43 bits per heavy atom. The second kappa shape index (κ2) is 12.4. The van der Waals surface area contributed by atoms with Crippen molar-refractivity contribution in [3.8, 4) is 22.8 Å². The number of anilines is 1. The molecule has 1 amide bonds. The molecular weight excluding hydrogens is 574 g/mol. The lowest BCUT2D eigenvalue weighted by molar-refractivity contribution is -0.137. The van der Waals surface area contributed by atoms with Gasteiger partial charge in [0.2, 0.25) is 0 Å². The van der Waals surface area contributed by atoms with Gasteiger partial charge in [-0.1, -0.05) is 42.5 Å². The van der Waals surface area contributed by atoms with Crippen LogP contribution in [-0.2, 0) is 17.1 Å². The summed E-state index contributed by atoms with van der Waals surface area (Å²) in [6.07, 6.45) is 5.65. The van der Waals surface area contributed by atoms with Gasteiger partial charge >= 0.3 is 11.1 Å². The Morgan fingerprint density at radius 1 is 1.07 bits per heavy atom. The zero-order chi connectivity index (χ0) is 30.1. The van der Waals surface area contributed by atoms with Crippen LogP contribution in [0, 0.1) is 13.8 Å². The molecule has 4 aromatic rings. The fourth-order valence-corrected chi connectivity index (χ4v) is 8.75. The Bertz CT molecular complexity index is 1670. The van der Waals surface area contributed by atoms with E-state index < -0.39 is 16.4 Å². The molecule has 2 aromatic heterocycles. The predicted octanol–water partition coefficient (Wildman–Crippen LogP) is 8.14. The molecule has 2 aromatic carbocycles. The first-order chi connectivity index (χ1) is 20.2. The van der Waals surface area contributed by atoms with E-state index in [4.69, 9.17) is 26.1 Å². The van der Waals surface area contributed by atoms with Crippen molar-refractivity contribution in [2.24, 2.45) is 0 Å². The molecule has 0 bridgehead atoms. The van der Waals surface area contributed by atoms with Gasteiger partial charge in [-0.2, -0.15) is 4.98 Å². The Hall–Kier alpha value is -3.56. The normalized spacial score (nSPS) is 14.3. The Balaban J connectivity index is 1.66. The number of ether oxygens (including phenoxy) is 2. The van der Waals surface area contributed by atoms with Crippen molar-refractivity contribution in [2.45, 2.75) is 71.1 Å². The van der Waals surface area contributed by atoms with Gasteiger partial charge in [-0.15, -0.1) is 0 Å². The maximum atomic E-state index is 13.9. The number of carbonyl (C=O) groups is 2. The molecule has 10 heteroatoms. The highest BCUT2D eigenvalue weighted by Crippen LogP contribution is 2.52. The number of aliphatic carboxylic acids is 1. The summed E-state index contributed by atoms with van der Waals surface area (Å²) in [6.45, 7) is 5.72. The van der Waals surface area contributed by atoms with E-state index >= 15 is 0 Å². The summed E-state index contributed by atoms with van der Waals surface area (Å²) in [6, 6.07) is 9.35. The van der Waals surface area contributed by atoms with E-state index in [1.165, 1.54) is 11.3 Å². The largest absolute Gasteiger partial charge is 0.496 e. The number of hydrogen-bond donors (Lipinski definition) is 2. The summed E-state index contributed by atoms with van der Waals surface area (Å²) in [5.74, 6) is 0.839. The third kappa shape index (κ3) is 5.60. The average molecular weight is 611 g/mol. The summed E-state index contributed by atoms with van der Waals surface area (Å²) < 4.78 is 12.9. The molecule has 0 aliphatic heterocycles. The number of aryl methyl sites for hydroxylation is 2. The van der Waals surface area contributed by atoms with Crippen LogP contribution in [0.15, 0.2) is 30.3 Å². The third-order valence-electron chi connectivity index (χ3n) is 8.01. The van der Waals surface area contributed by atoms with Gasteiger partial charge in [-0.05, 0) is 57.4 Å². The minimum Gasteiger partial charge on any atom is -0.496 e. The summed E-state index contributed by atoms with van der Waals surface area (Å²) in [7, 11) is 2.73. The third-order valence-corrected chi connectivity index (χ3v) is 10.6. The molecule has 1 atom stereocenters. The highest BCUT2D eigenvalue weighted by Gasteiger charge is 2.37. The summed E-state index contributed by atoms with van der Waals surface area (Å²) >= 11 is 6.44. The molecule has 0 radical (unpaired) electrons. The second-order valence-electron chi connectivity index (χ2n) is 10.8. The predicted molar refractivity (Wildman–Crippen MR) is 169 cm³/mol. The number of amides is 1. The van der Waals surface area contributed by atoms with Crippen LogP contribution in [0.5, 0.6) is 11.5 Å².